The summed E-state index contributed by atoms with van der Waals surface area (Å²) in [6.45, 7) is 0.701. The van der Waals surface area contributed by atoms with Crippen LogP contribution in [0.15, 0.2) is 45.7 Å². The number of H-pyrrole nitrogens is 2. The number of halogens is 1. The summed E-state index contributed by atoms with van der Waals surface area (Å²) < 4.78 is 0. The van der Waals surface area contributed by atoms with Crippen molar-refractivity contribution >= 4 is 41.5 Å². The van der Waals surface area contributed by atoms with E-state index in [1.807, 2.05) is 5.38 Å². The number of hydrogen-bond donors (Lipinski definition) is 3. The second kappa shape index (κ2) is 10.1. The fourth-order valence-corrected chi connectivity index (χ4v) is 3.74. The Balaban J connectivity index is 0.00000243. The van der Waals surface area contributed by atoms with Gasteiger partial charge in [0.25, 0.3) is 5.56 Å². The molecule has 0 radical (unpaired) electrons. The van der Waals surface area contributed by atoms with Gasteiger partial charge in [-0.05, 0) is 11.6 Å². The first kappa shape index (κ1) is 20.2. The summed E-state index contributed by atoms with van der Waals surface area (Å²) in [7, 11) is 0. The van der Waals surface area contributed by atoms with E-state index in [4.69, 9.17) is 0 Å². The molecule has 138 valence electrons. The van der Waals surface area contributed by atoms with Crippen LogP contribution in [0.1, 0.15) is 16.1 Å². The zero-order chi connectivity index (χ0) is 17.5. The van der Waals surface area contributed by atoms with E-state index in [0.29, 0.717) is 24.5 Å². The summed E-state index contributed by atoms with van der Waals surface area (Å²) >= 11 is 3.42. The van der Waals surface area contributed by atoms with Gasteiger partial charge in [-0.25, -0.2) is 9.97 Å². The summed E-state index contributed by atoms with van der Waals surface area (Å²) in [4.78, 5) is 37.2. The van der Waals surface area contributed by atoms with E-state index in [1.165, 1.54) is 6.07 Å². The Bertz CT molecular complexity index is 927. The Labute approximate surface area is 164 Å². The number of hydrogen-bond acceptors (Lipinski definition) is 7. The maximum atomic E-state index is 12.1. The average Bonchev–Trinajstić information content (AvgIpc) is 3.10. The molecule has 0 spiro atoms. The number of thiazole rings is 1. The molecule has 0 aliphatic carbocycles. The van der Waals surface area contributed by atoms with E-state index < -0.39 is 0 Å². The van der Waals surface area contributed by atoms with Crippen molar-refractivity contribution in [3.05, 3.63) is 72.9 Å². The number of rotatable bonds is 8. The van der Waals surface area contributed by atoms with Crippen molar-refractivity contribution in [1.82, 2.24) is 19.9 Å². The first-order valence-corrected chi connectivity index (χ1v) is 9.70. The normalized spacial score (nSPS) is 10.3. The second-order valence-corrected chi connectivity index (χ2v) is 7.31. The number of nitrogens with zero attached hydrogens (tertiary/aromatic N) is 2. The number of anilines is 1. The molecule has 0 fully saturated rings. The maximum absolute atomic E-state index is 12.1. The molecule has 3 aromatic heterocycles. The molecule has 26 heavy (non-hydrogen) atoms. The van der Waals surface area contributed by atoms with E-state index in [-0.39, 0.29) is 23.5 Å². The minimum atomic E-state index is -0.201. The molecule has 0 amide bonds. The van der Waals surface area contributed by atoms with Crippen molar-refractivity contribution in [2.45, 2.75) is 12.2 Å². The Morgan fingerprint density at radius 1 is 1.27 bits per heavy atom. The highest BCUT2D eigenvalue weighted by atomic mass is 35.5. The van der Waals surface area contributed by atoms with Gasteiger partial charge < -0.3 is 10.3 Å². The lowest BCUT2D eigenvalue weighted by Crippen LogP contribution is -2.18. The van der Waals surface area contributed by atoms with Crippen LogP contribution in [0.25, 0.3) is 0 Å². The number of pyridine rings is 1. The van der Waals surface area contributed by atoms with Crippen LogP contribution in [0, 0.1) is 0 Å². The van der Waals surface area contributed by atoms with Crippen LogP contribution < -0.4 is 16.4 Å². The van der Waals surface area contributed by atoms with Crippen LogP contribution in [-0.4, -0.2) is 32.2 Å². The fourth-order valence-electron chi connectivity index (χ4n) is 2.18. The summed E-state index contributed by atoms with van der Waals surface area (Å²) in [5.41, 5.74) is 0.910. The maximum Gasteiger partial charge on any atom is 0.255 e. The smallest absolute Gasteiger partial charge is 0.255 e. The third-order valence-corrected chi connectivity index (χ3v) is 5.29. The molecular weight excluding hydrogens is 394 g/mol. The SMILES string of the molecule is Cl.O=c1cc(Cc2cnc(NCCSCc3nccs3)[nH]c2=O)cc[nH]1. The number of thioether (sulfide) groups is 1. The molecule has 3 N–H and O–H groups in total. The second-order valence-electron chi connectivity index (χ2n) is 5.23. The Morgan fingerprint density at radius 3 is 2.88 bits per heavy atom. The molecule has 0 saturated heterocycles. The van der Waals surface area contributed by atoms with E-state index in [0.717, 1.165) is 22.1 Å². The van der Waals surface area contributed by atoms with Crippen LogP contribution in [-0.2, 0) is 12.2 Å². The summed E-state index contributed by atoms with van der Waals surface area (Å²) in [6.07, 6.45) is 5.29. The lowest BCUT2D eigenvalue weighted by atomic mass is 10.1. The van der Waals surface area contributed by atoms with Crippen LogP contribution in [0.2, 0.25) is 0 Å². The van der Waals surface area contributed by atoms with Crippen LogP contribution >= 0.6 is 35.5 Å². The van der Waals surface area contributed by atoms with E-state index in [1.54, 1.807) is 47.8 Å². The largest absolute Gasteiger partial charge is 0.355 e. The molecule has 0 aromatic carbocycles. The fraction of sp³-hybridized carbons (Fsp3) is 0.250. The average molecular weight is 412 g/mol. The van der Waals surface area contributed by atoms with Crippen LogP contribution in [0.5, 0.6) is 0 Å². The molecule has 7 nitrogen and oxygen atoms in total. The third-order valence-electron chi connectivity index (χ3n) is 3.35. The number of aromatic nitrogens is 4. The van der Waals surface area contributed by atoms with Gasteiger partial charge in [0.1, 0.15) is 5.01 Å². The molecule has 0 unspecified atom stereocenters. The lowest BCUT2D eigenvalue weighted by Gasteiger charge is -2.06. The third kappa shape index (κ3) is 6.01. The number of nitrogens with one attached hydrogen (secondary N) is 3. The molecule has 3 aromatic rings. The van der Waals surface area contributed by atoms with Gasteiger partial charge in [0.15, 0.2) is 0 Å². The van der Waals surface area contributed by atoms with Gasteiger partial charge >= 0.3 is 0 Å². The zero-order valence-electron chi connectivity index (χ0n) is 13.7. The highest BCUT2D eigenvalue weighted by molar-refractivity contribution is 7.98. The minimum absolute atomic E-state index is 0. The first-order chi connectivity index (χ1) is 12.2. The summed E-state index contributed by atoms with van der Waals surface area (Å²) in [5.74, 6) is 2.23. The van der Waals surface area contributed by atoms with Crippen molar-refractivity contribution < 1.29 is 0 Å². The van der Waals surface area contributed by atoms with Crippen molar-refractivity contribution in [2.75, 3.05) is 17.6 Å². The highest BCUT2D eigenvalue weighted by Crippen LogP contribution is 2.13. The Kier molecular flexibility index (Phi) is 7.89. The Morgan fingerprint density at radius 2 is 2.15 bits per heavy atom. The van der Waals surface area contributed by atoms with E-state index >= 15 is 0 Å². The van der Waals surface area contributed by atoms with Crippen molar-refractivity contribution in [1.29, 1.82) is 0 Å². The van der Waals surface area contributed by atoms with Gasteiger partial charge in [0.05, 0.1) is 0 Å². The molecule has 10 heteroatoms. The number of aromatic amines is 2. The molecule has 0 aliphatic rings. The molecule has 0 aliphatic heterocycles. The van der Waals surface area contributed by atoms with Gasteiger partial charge in [-0.2, -0.15) is 11.8 Å². The first-order valence-electron chi connectivity index (χ1n) is 7.66. The Hall–Kier alpha value is -2.10. The minimum Gasteiger partial charge on any atom is -0.355 e. The molecule has 3 rings (SSSR count). The van der Waals surface area contributed by atoms with Crippen molar-refractivity contribution in [2.24, 2.45) is 0 Å². The van der Waals surface area contributed by atoms with Crippen molar-refractivity contribution in [3.8, 4) is 0 Å². The van der Waals surface area contributed by atoms with Gasteiger partial charge in [-0.15, -0.1) is 23.7 Å². The van der Waals surface area contributed by atoms with E-state index in [2.05, 4.69) is 25.3 Å². The predicted molar refractivity (Wildman–Crippen MR) is 109 cm³/mol. The van der Waals surface area contributed by atoms with Gasteiger partial charge in [0, 0.05) is 60.1 Å². The molecular formula is C16H18ClN5O2S2. The van der Waals surface area contributed by atoms with Crippen molar-refractivity contribution in [3.63, 3.8) is 0 Å². The van der Waals surface area contributed by atoms with Crippen LogP contribution in [0.4, 0.5) is 5.95 Å². The van der Waals surface area contributed by atoms with Crippen LogP contribution in [0.3, 0.4) is 0 Å². The van der Waals surface area contributed by atoms with Gasteiger partial charge in [-0.3, -0.25) is 14.6 Å². The predicted octanol–water partition coefficient (Wildman–Crippen LogP) is 2.27. The zero-order valence-corrected chi connectivity index (χ0v) is 16.2. The molecule has 0 saturated carbocycles. The summed E-state index contributed by atoms with van der Waals surface area (Å²) in [6, 6.07) is 3.25. The molecule has 0 bridgehead atoms. The quantitative estimate of drug-likeness (QED) is 0.491. The lowest BCUT2D eigenvalue weighted by molar-refractivity contribution is 1.00. The standard InChI is InChI=1S/C16H17N5O2S2.ClH/c22-13-8-11(1-2-17-13)7-12-9-20-16(21-15(12)23)19-3-5-24-10-14-18-4-6-25-14;/h1-2,4,6,8-9H,3,5,7,10H2,(H,17,22)(H2,19,20,21,23);1H. The van der Waals surface area contributed by atoms with Gasteiger partial charge in [-0.1, -0.05) is 0 Å². The van der Waals surface area contributed by atoms with E-state index in [9.17, 15) is 9.59 Å². The monoisotopic (exact) mass is 411 g/mol. The topological polar surface area (TPSA) is 104 Å². The molecule has 3 heterocycles. The highest BCUT2D eigenvalue weighted by Gasteiger charge is 2.05. The molecule has 0 atom stereocenters. The van der Waals surface area contributed by atoms with Gasteiger partial charge in [0.2, 0.25) is 11.5 Å². The summed E-state index contributed by atoms with van der Waals surface area (Å²) in [5, 5.41) is 6.19.